The van der Waals surface area contributed by atoms with E-state index in [1.54, 1.807) is 18.3 Å². The van der Waals surface area contributed by atoms with Gasteiger partial charge in [-0.15, -0.1) is 0 Å². The number of carbonyl (C=O) groups excluding carboxylic acids is 1. The Labute approximate surface area is 185 Å². The summed E-state index contributed by atoms with van der Waals surface area (Å²) in [6.07, 6.45) is 4.98. The number of pyridine rings is 1. The van der Waals surface area contributed by atoms with Crippen LogP contribution in [0.25, 0.3) is 0 Å². The fourth-order valence-electron chi connectivity index (χ4n) is 4.99. The minimum atomic E-state index is -0.665. The molecule has 5 rings (SSSR count). The van der Waals surface area contributed by atoms with Crippen LogP contribution in [0.3, 0.4) is 0 Å². The van der Waals surface area contributed by atoms with E-state index >= 15 is 0 Å². The molecule has 1 aromatic heterocycles. The van der Waals surface area contributed by atoms with Crippen LogP contribution in [0.4, 0.5) is 10.2 Å². The van der Waals surface area contributed by atoms with Crippen molar-refractivity contribution in [3.8, 4) is 12.1 Å². The quantitative estimate of drug-likeness (QED) is 0.723. The predicted molar refractivity (Wildman–Crippen MR) is 113 cm³/mol. The Morgan fingerprint density at radius 2 is 1.91 bits per heavy atom. The van der Waals surface area contributed by atoms with Crippen LogP contribution >= 0.6 is 0 Å². The Morgan fingerprint density at radius 3 is 2.50 bits per heavy atom. The summed E-state index contributed by atoms with van der Waals surface area (Å²) in [6, 6.07) is 12.3. The van der Waals surface area contributed by atoms with Gasteiger partial charge < -0.3 is 14.5 Å². The fraction of sp³-hybridized carbons (Fsp3) is 0.417. The summed E-state index contributed by atoms with van der Waals surface area (Å²) >= 11 is 0. The van der Waals surface area contributed by atoms with Crippen molar-refractivity contribution in [2.24, 2.45) is 0 Å². The molecule has 1 aromatic carbocycles. The van der Waals surface area contributed by atoms with Gasteiger partial charge in [-0.1, -0.05) is 6.07 Å². The van der Waals surface area contributed by atoms with Crippen LogP contribution in [0.2, 0.25) is 0 Å². The van der Waals surface area contributed by atoms with E-state index in [9.17, 15) is 14.4 Å². The number of likely N-dealkylation sites (tertiary alicyclic amines) is 1. The number of nitriles is 2. The molecule has 32 heavy (non-hydrogen) atoms. The maximum atomic E-state index is 13.5. The zero-order valence-corrected chi connectivity index (χ0v) is 17.5. The number of nitrogens with zero attached hydrogens (tertiary/aromatic N) is 5. The van der Waals surface area contributed by atoms with Gasteiger partial charge in [0.25, 0.3) is 0 Å². The topological polar surface area (TPSA) is 93.3 Å². The van der Waals surface area contributed by atoms with Gasteiger partial charge in [0.15, 0.2) is 0 Å². The fourth-order valence-corrected chi connectivity index (χ4v) is 4.99. The Bertz CT molecular complexity index is 1120. The van der Waals surface area contributed by atoms with Crippen LogP contribution in [-0.2, 0) is 15.1 Å². The molecular formula is C24H22FN5O2. The number of ether oxygens (including phenoxy) is 1. The van der Waals surface area contributed by atoms with Gasteiger partial charge in [-0.05, 0) is 49.9 Å². The molecule has 2 aromatic rings. The van der Waals surface area contributed by atoms with Crippen molar-refractivity contribution >= 4 is 11.7 Å². The molecule has 1 aliphatic carbocycles. The normalized spacial score (nSPS) is 22.8. The van der Waals surface area contributed by atoms with E-state index < -0.39 is 11.4 Å². The lowest BCUT2D eigenvalue weighted by Crippen LogP contribution is -2.56. The number of rotatable bonds is 5. The highest BCUT2D eigenvalue weighted by atomic mass is 19.1. The SMILES string of the molecule is N#Cc1ccc(N2C3CCC2CN(C(=O)COC2(c4ccc(F)cc4C#N)CC2)C3)nc1. The molecule has 2 unspecified atom stereocenters. The van der Waals surface area contributed by atoms with E-state index in [1.165, 1.54) is 12.1 Å². The molecule has 3 heterocycles. The lowest BCUT2D eigenvalue weighted by atomic mass is 10.0. The molecule has 3 aliphatic rings. The van der Waals surface area contributed by atoms with Gasteiger partial charge in [0.1, 0.15) is 24.3 Å². The summed E-state index contributed by atoms with van der Waals surface area (Å²) in [5.74, 6) is 0.320. The number of fused-ring (bicyclic) bond motifs is 2. The zero-order valence-electron chi connectivity index (χ0n) is 17.5. The van der Waals surface area contributed by atoms with Gasteiger partial charge in [0.2, 0.25) is 5.91 Å². The Kier molecular flexibility index (Phi) is 5.03. The molecule has 2 saturated heterocycles. The second kappa shape index (κ2) is 7.89. The number of anilines is 1. The van der Waals surface area contributed by atoms with E-state index in [1.807, 2.05) is 17.0 Å². The lowest BCUT2D eigenvalue weighted by Gasteiger charge is -2.41. The number of hydrogen-bond donors (Lipinski definition) is 0. The number of benzene rings is 1. The molecule has 2 atom stereocenters. The van der Waals surface area contributed by atoms with Crippen molar-refractivity contribution in [3.63, 3.8) is 0 Å². The van der Waals surface area contributed by atoms with Crippen LogP contribution in [-0.4, -0.2) is 47.6 Å². The van der Waals surface area contributed by atoms with Crippen molar-refractivity contribution in [3.05, 3.63) is 59.0 Å². The number of hydrogen-bond acceptors (Lipinski definition) is 6. The molecular weight excluding hydrogens is 409 g/mol. The van der Waals surface area contributed by atoms with Gasteiger partial charge in [-0.25, -0.2) is 9.37 Å². The Hall–Kier alpha value is -3.49. The first-order valence-electron chi connectivity index (χ1n) is 10.8. The third-order valence-corrected chi connectivity index (χ3v) is 6.75. The summed E-state index contributed by atoms with van der Waals surface area (Å²) in [5, 5.41) is 18.3. The van der Waals surface area contributed by atoms with Crippen LogP contribution < -0.4 is 4.90 Å². The summed E-state index contributed by atoms with van der Waals surface area (Å²) in [4.78, 5) is 21.5. The Morgan fingerprint density at radius 1 is 1.16 bits per heavy atom. The van der Waals surface area contributed by atoms with E-state index in [0.717, 1.165) is 18.7 Å². The molecule has 162 valence electrons. The van der Waals surface area contributed by atoms with E-state index in [4.69, 9.17) is 10.00 Å². The molecule has 3 fully saturated rings. The summed E-state index contributed by atoms with van der Waals surface area (Å²) in [7, 11) is 0. The van der Waals surface area contributed by atoms with Gasteiger partial charge in [0.05, 0.1) is 22.8 Å². The smallest absolute Gasteiger partial charge is 0.248 e. The van der Waals surface area contributed by atoms with E-state index in [0.29, 0.717) is 37.1 Å². The number of halogens is 1. The minimum Gasteiger partial charge on any atom is -0.360 e. The van der Waals surface area contributed by atoms with Crippen LogP contribution in [0.15, 0.2) is 36.5 Å². The molecule has 2 aliphatic heterocycles. The first-order valence-corrected chi connectivity index (χ1v) is 10.8. The van der Waals surface area contributed by atoms with Crippen LogP contribution in [0, 0.1) is 28.5 Å². The van der Waals surface area contributed by atoms with E-state index in [-0.39, 0.29) is 30.2 Å². The van der Waals surface area contributed by atoms with Crippen molar-refractivity contribution in [2.75, 3.05) is 24.6 Å². The number of aromatic nitrogens is 1. The van der Waals surface area contributed by atoms with Gasteiger partial charge >= 0.3 is 0 Å². The van der Waals surface area contributed by atoms with Gasteiger partial charge in [0, 0.05) is 36.9 Å². The van der Waals surface area contributed by atoms with Crippen LogP contribution in [0.5, 0.6) is 0 Å². The van der Waals surface area contributed by atoms with Crippen molar-refractivity contribution < 1.29 is 13.9 Å². The molecule has 7 nitrogen and oxygen atoms in total. The molecule has 0 radical (unpaired) electrons. The molecule has 0 spiro atoms. The van der Waals surface area contributed by atoms with Gasteiger partial charge in [-0.3, -0.25) is 4.79 Å². The third kappa shape index (κ3) is 3.57. The monoisotopic (exact) mass is 431 g/mol. The van der Waals surface area contributed by atoms with Crippen LogP contribution in [0.1, 0.15) is 42.4 Å². The number of amides is 1. The molecule has 0 N–H and O–H groups in total. The maximum absolute atomic E-state index is 13.5. The average Bonchev–Trinajstić information content (AvgIpc) is 3.56. The second-order valence-corrected chi connectivity index (χ2v) is 8.69. The van der Waals surface area contributed by atoms with Crippen molar-refractivity contribution in [2.45, 2.75) is 43.4 Å². The van der Waals surface area contributed by atoms with Crippen molar-refractivity contribution in [1.29, 1.82) is 10.5 Å². The molecule has 1 saturated carbocycles. The van der Waals surface area contributed by atoms with Gasteiger partial charge in [-0.2, -0.15) is 10.5 Å². The molecule has 2 bridgehead atoms. The molecule has 8 heteroatoms. The highest BCUT2D eigenvalue weighted by Crippen LogP contribution is 2.50. The maximum Gasteiger partial charge on any atom is 0.248 e. The standard InChI is InChI=1S/C24H22FN5O2/c25-18-2-5-21(17(9-18)11-27)24(7-8-24)32-15-23(31)29-13-19-3-4-20(14-29)30(19)22-6-1-16(10-26)12-28-22/h1-2,5-6,9,12,19-20H,3-4,7-8,13-15H2. The van der Waals surface area contributed by atoms with Crippen molar-refractivity contribution in [1.82, 2.24) is 9.88 Å². The summed E-state index contributed by atoms with van der Waals surface area (Å²) in [5.41, 5.74) is 0.783. The largest absolute Gasteiger partial charge is 0.360 e. The summed E-state index contributed by atoms with van der Waals surface area (Å²) < 4.78 is 19.5. The lowest BCUT2D eigenvalue weighted by molar-refractivity contribution is -0.140. The minimum absolute atomic E-state index is 0.0587. The number of carbonyl (C=O) groups is 1. The zero-order chi connectivity index (χ0) is 22.3. The Balaban J connectivity index is 1.24. The number of piperazine rings is 1. The van der Waals surface area contributed by atoms with E-state index in [2.05, 4.69) is 16.0 Å². The second-order valence-electron chi connectivity index (χ2n) is 8.69. The highest BCUT2D eigenvalue weighted by Gasteiger charge is 2.48. The highest BCUT2D eigenvalue weighted by molar-refractivity contribution is 5.78. The average molecular weight is 431 g/mol. The first kappa shape index (κ1) is 20.4. The predicted octanol–water partition coefficient (Wildman–Crippen LogP) is 2.85. The summed E-state index contributed by atoms with van der Waals surface area (Å²) in [6.45, 7) is 1.15. The first-order chi connectivity index (χ1) is 15.5. The third-order valence-electron chi connectivity index (χ3n) is 6.75. The molecule has 1 amide bonds.